The molecule has 4 heteroatoms. The molecular weight excluding hydrogens is 304 g/mol. The molecule has 1 heterocycles. The molecule has 1 unspecified atom stereocenters. The Morgan fingerprint density at radius 2 is 2.16 bits per heavy atom. The first kappa shape index (κ1) is 14.5. The Labute approximate surface area is 123 Å². The van der Waals surface area contributed by atoms with Gasteiger partial charge in [-0.1, -0.05) is 34.1 Å². The minimum Gasteiger partial charge on any atom is -0.348 e. The summed E-state index contributed by atoms with van der Waals surface area (Å²) in [5, 5.41) is 6.46. The fourth-order valence-electron chi connectivity index (χ4n) is 2.51. The van der Waals surface area contributed by atoms with E-state index in [1.165, 1.54) is 0 Å². The van der Waals surface area contributed by atoms with Gasteiger partial charge in [0.05, 0.1) is 11.6 Å². The third-order valence-electron chi connectivity index (χ3n) is 3.84. The smallest absolute Gasteiger partial charge is 0.240 e. The van der Waals surface area contributed by atoms with E-state index in [4.69, 9.17) is 0 Å². The maximum atomic E-state index is 12.4. The lowest BCUT2D eigenvalue weighted by Gasteiger charge is -2.34. The number of benzene rings is 1. The number of nitrogens with one attached hydrogen (secondary N) is 2. The molecule has 104 valence electrons. The Morgan fingerprint density at radius 3 is 2.79 bits per heavy atom. The molecule has 0 spiro atoms. The van der Waals surface area contributed by atoms with Crippen molar-refractivity contribution in [1.82, 2.24) is 10.6 Å². The van der Waals surface area contributed by atoms with Crippen molar-refractivity contribution in [2.24, 2.45) is 0 Å². The Kier molecular flexibility index (Phi) is 4.63. The van der Waals surface area contributed by atoms with Gasteiger partial charge in [0.1, 0.15) is 0 Å². The monoisotopic (exact) mass is 324 g/mol. The molecule has 0 bridgehead atoms. The van der Waals surface area contributed by atoms with Gasteiger partial charge in [0.2, 0.25) is 5.91 Å². The lowest BCUT2D eigenvalue weighted by atomic mass is 9.89. The fraction of sp³-hybridized carbons (Fsp3) is 0.533. The van der Waals surface area contributed by atoms with Crippen molar-refractivity contribution in [2.75, 3.05) is 6.54 Å². The van der Waals surface area contributed by atoms with Gasteiger partial charge in [0, 0.05) is 4.47 Å². The summed E-state index contributed by atoms with van der Waals surface area (Å²) in [7, 11) is 0. The van der Waals surface area contributed by atoms with Crippen LogP contribution in [0.3, 0.4) is 0 Å². The maximum Gasteiger partial charge on any atom is 0.240 e. The van der Waals surface area contributed by atoms with E-state index in [0.717, 1.165) is 35.8 Å². The zero-order valence-corrected chi connectivity index (χ0v) is 13.1. The van der Waals surface area contributed by atoms with Gasteiger partial charge >= 0.3 is 0 Å². The maximum absolute atomic E-state index is 12.4. The van der Waals surface area contributed by atoms with Gasteiger partial charge in [0.15, 0.2) is 0 Å². The van der Waals surface area contributed by atoms with Gasteiger partial charge in [-0.15, -0.1) is 0 Å². The Morgan fingerprint density at radius 1 is 1.42 bits per heavy atom. The van der Waals surface area contributed by atoms with E-state index in [1.807, 2.05) is 38.1 Å². The van der Waals surface area contributed by atoms with E-state index in [2.05, 4.69) is 26.6 Å². The second-order valence-electron chi connectivity index (χ2n) is 5.43. The largest absolute Gasteiger partial charge is 0.348 e. The molecule has 0 aromatic heterocycles. The molecule has 3 nitrogen and oxygen atoms in total. The van der Waals surface area contributed by atoms with E-state index in [-0.39, 0.29) is 11.9 Å². The van der Waals surface area contributed by atoms with E-state index in [1.54, 1.807) is 0 Å². The van der Waals surface area contributed by atoms with E-state index >= 15 is 0 Å². The Hall–Kier alpha value is -0.870. The highest BCUT2D eigenvalue weighted by molar-refractivity contribution is 9.10. The third-order valence-corrected chi connectivity index (χ3v) is 4.56. The van der Waals surface area contributed by atoms with Crippen LogP contribution in [0, 0.1) is 0 Å². The predicted molar refractivity (Wildman–Crippen MR) is 81.0 cm³/mol. The van der Waals surface area contributed by atoms with Crippen LogP contribution in [0.2, 0.25) is 0 Å². The highest BCUT2D eigenvalue weighted by Crippen LogP contribution is 2.25. The van der Waals surface area contributed by atoms with Crippen molar-refractivity contribution < 1.29 is 4.79 Å². The number of hydrogen-bond donors (Lipinski definition) is 2. The molecule has 0 radical (unpaired) electrons. The van der Waals surface area contributed by atoms with Crippen LogP contribution in [-0.2, 0) is 4.79 Å². The molecule has 1 saturated heterocycles. The van der Waals surface area contributed by atoms with Crippen LogP contribution in [0.15, 0.2) is 28.7 Å². The quantitative estimate of drug-likeness (QED) is 0.896. The first-order valence-corrected chi connectivity index (χ1v) is 7.63. The lowest BCUT2D eigenvalue weighted by molar-refractivity contribution is -0.128. The normalized spacial score (nSPS) is 24.8. The number of piperidine rings is 1. The highest BCUT2D eigenvalue weighted by Gasteiger charge is 2.34. The van der Waals surface area contributed by atoms with E-state index in [0.29, 0.717) is 0 Å². The van der Waals surface area contributed by atoms with Crippen LogP contribution < -0.4 is 10.6 Å². The number of hydrogen-bond acceptors (Lipinski definition) is 2. The molecule has 1 amide bonds. The minimum absolute atomic E-state index is 0.00336. The first-order valence-electron chi connectivity index (χ1n) is 6.83. The number of carbonyl (C=O) groups excluding carboxylic acids is 1. The summed E-state index contributed by atoms with van der Waals surface area (Å²) in [5.74, 6) is 0.0930. The Bertz CT molecular complexity index is 455. The van der Waals surface area contributed by atoms with Gasteiger partial charge in [-0.05, 0) is 51.3 Å². The summed E-state index contributed by atoms with van der Waals surface area (Å²) in [6.07, 6.45) is 3.17. The molecular formula is C15H21BrN2O. The van der Waals surface area contributed by atoms with Gasteiger partial charge in [0.25, 0.3) is 0 Å². The molecule has 1 aliphatic rings. The summed E-state index contributed by atoms with van der Waals surface area (Å²) in [4.78, 5) is 12.4. The Balaban J connectivity index is 2.04. The second kappa shape index (κ2) is 6.06. The van der Waals surface area contributed by atoms with Gasteiger partial charge in [-0.25, -0.2) is 0 Å². The summed E-state index contributed by atoms with van der Waals surface area (Å²) >= 11 is 3.53. The third kappa shape index (κ3) is 3.37. The predicted octanol–water partition coefficient (Wildman–Crippen LogP) is 3.16. The molecule has 19 heavy (non-hydrogen) atoms. The van der Waals surface area contributed by atoms with Gasteiger partial charge in [-0.3, -0.25) is 4.79 Å². The van der Waals surface area contributed by atoms with E-state index in [9.17, 15) is 4.79 Å². The zero-order chi connectivity index (χ0) is 13.9. The summed E-state index contributed by atoms with van der Waals surface area (Å²) in [6.45, 7) is 4.94. The zero-order valence-electron chi connectivity index (χ0n) is 11.5. The van der Waals surface area contributed by atoms with E-state index < -0.39 is 5.54 Å². The molecule has 2 N–H and O–H groups in total. The van der Waals surface area contributed by atoms with Crippen molar-refractivity contribution in [3.05, 3.63) is 34.3 Å². The first-order chi connectivity index (χ1) is 9.03. The molecule has 2 rings (SSSR count). The SMILES string of the molecule is C[C@H](NC(=O)C1(C)CCCCN1)c1ccccc1Br. The fourth-order valence-corrected chi connectivity index (χ4v) is 3.14. The van der Waals surface area contributed by atoms with Gasteiger partial charge in [-0.2, -0.15) is 0 Å². The molecule has 1 aromatic carbocycles. The van der Waals surface area contributed by atoms with Crippen molar-refractivity contribution in [3.8, 4) is 0 Å². The topological polar surface area (TPSA) is 41.1 Å². The summed E-state index contributed by atoms with van der Waals surface area (Å²) in [5.41, 5.74) is 0.684. The van der Waals surface area contributed by atoms with Crippen LogP contribution in [0.25, 0.3) is 0 Å². The van der Waals surface area contributed by atoms with Crippen LogP contribution >= 0.6 is 15.9 Å². The number of carbonyl (C=O) groups is 1. The van der Waals surface area contributed by atoms with Gasteiger partial charge < -0.3 is 10.6 Å². The van der Waals surface area contributed by atoms with Crippen molar-refractivity contribution in [2.45, 2.75) is 44.7 Å². The number of halogens is 1. The molecule has 1 aliphatic heterocycles. The van der Waals surface area contributed by atoms with Crippen molar-refractivity contribution in [3.63, 3.8) is 0 Å². The highest BCUT2D eigenvalue weighted by atomic mass is 79.9. The average Bonchev–Trinajstić information content (AvgIpc) is 2.40. The molecule has 0 aliphatic carbocycles. The average molecular weight is 325 g/mol. The van der Waals surface area contributed by atoms with Crippen LogP contribution in [0.5, 0.6) is 0 Å². The molecule has 2 atom stereocenters. The standard InChI is InChI=1S/C15H21BrN2O/c1-11(12-7-3-4-8-13(12)16)18-14(19)15(2)9-5-6-10-17-15/h3-4,7-8,11,17H,5-6,9-10H2,1-2H3,(H,18,19)/t11-,15?/m0/s1. The van der Waals surface area contributed by atoms with Crippen LogP contribution in [0.4, 0.5) is 0 Å². The number of rotatable bonds is 3. The lowest BCUT2D eigenvalue weighted by Crippen LogP contribution is -2.57. The van der Waals surface area contributed by atoms with Crippen LogP contribution in [0.1, 0.15) is 44.7 Å². The minimum atomic E-state index is -0.423. The molecule has 1 fully saturated rings. The second-order valence-corrected chi connectivity index (χ2v) is 6.29. The molecule has 0 saturated carbocycles. The number of amides is 1. The molecule has 1 aromatic rings. The van der Waals surface area contributed by atoms with Crippen molar-refractivity contribution in [1.29, 1.82) is 0 Å². The van der Waals surface area contributed by atoms with Crippen LogP contribution in [-0.4, -0.2) is 18.0 Å². The summed E-state index contributed by atoms with van der Waals surface area (Å²) in [6, 6.07) is 8.00. The summed E-state index contributed by atoms with van der Waals surface area (Å²) < 4.78 is 1.03. The van der Waals surface area contributed by atoms with Crippen molar-refractivity contribution >= 4 is 21.8 Å².